The molecule has 4 nitrogen and oxygen atoms in total. The van der Waals surface area contributed by atoms with Gasteiger partial charge < -0.3 is 14.9 Å². The summed E-state index contributed by atoms with van der Waals surface area (Å²) in [5, 5.41) is 17.9. The number of hydrogen-bond acceptors (Lipinski definition) is 3. The van der Waals surface area contributed by atoms with Crippen molar-refractivity contribution < 1.29 is 19.7 Å². The van der Waals surface area contributed by atoms with Crippen LogP contribution in [0.4, 0.5) is 0 Å². The van der Waals surface area contributed by atoms with Crippen molar-refractivity contribution in [2.75, 3.05) is 0 Å². The summed E-state index contributed by atoms with van der Waals surface area (Å²) in [4.78, 5) is 10.6. The Labute approximate surface area is 74.4 Å². The number of carboxylic acid groups (broad SMARTS) is 1. The summed E-state index contributed by atoms with van der Waals surface area (Å²) in [5.41, 5.74) is 1.62. The van der Waals surface area contributed by atoms with Crippen LogP contribution in [0.2, 0.25) is 0 Å². The first-order chi connectivity index (χ1) is 6.18. The van der Waals surface area contributed by atoms with Gasteiger partial charge in [-0.15, -0.1) is 0 Å². The zero-order valence-corrected chi connectivity index (χ0v) is 6.73. The van der Waals surface area contributed by atoms with Crippen LogP contribution in [0.5, 0.6) is 0 Å². The fraction of sp³-hybridized carbons (Fsp3) is 0.222. The molecule has 0 spiro atoms. The van der Waals surface area contributed by atoms with E-state index in [-0.39, 0.29) is 12.2 Å². The predicted molar refractivity (Wildman–Crippen MR) is 43.2 cm³/mol. The highest BCUT2D eigenvalue weighted by atomic mass is 16.6. The summed E-state index contributed by atoms with van der Waals surface area (Å²) in [6.07, 6.45) is -0.905. The van der Waals surface area contributed by atoms with E-state index < -0.39 is 12.3 Å². The highest BCUT2D eigenvalue weighted by Gasteiger charge is 2.21. The van der Waals surface area contributed by atoms with Gasteiger partial charge in [-0.2, -0.15) is 0 Å². The lowest BCUT2D eigenvalue weighted by Crippen LogP contribution is -1.98. The minimum atomic E-state index is -0.968. The Morgan fingerprint density at radius 2 is 2.31 bits per heavy atom. The molecule has 68 valence electrons. The van der Waals surface area contributed by atoms with E-state index in [0.717, 1.165) is 5.56 Å². The molecule has 4 heteroatoms. The van der Waals surface area contributed by atoms with E-state index in [4.69, 9.17) is 9.84 Å². The van der Waals surface area contributed by atoms with Gasteiger partial charge in [0.2, 0.25) is 0 Å². The first-order valence-corrected chi connectivity index (χ1v) is 3.84. The van der Waals surface area contributed by atoms with Gasteiger partial charge in [-0.05, 0) is 17.7 Å². The molecule has 0 bridgehead atoms. The molecule has 1 heterocycles. The van der Waals surface area contributed by atoms with Crippen LogP contribution in [0.3, 0.4) is 0 Å². The van der Waals surface area contributed by atoms with Crippen LogP contribution in [0, 0.1) is 0 Å². The third kappa shape index (κ3) is 1.30. The number of carbonyl (C=O) groups is 1. The molecule has 2 N–H and O–H groups in total. The van der Waals surface area contributed by atoms with Gasteiger partial charge >= 0.3 is 5.97 Å². The minimum Gasteiger partial charge on any atom is -0.478 e. The van der Waals surface area contributed by atoms with Gasteiger partial charge in [0.25, 0.3) is 0 Å². The quantitative estimate of drug-likeness (QED) is 0.674. The molecule has 0 fully saturated rings. The van der Waals surface area contributed by atoms with Crippen molar-refractivity contribution in [1.29, 1.82) is 0 Å². The Bertz CT molecular complexity index is 359. The maximum absolute atomic E-state index is 10.6. The summed E-state index contributed by atoms with van der Waals surface area (Å²) >= 11 is 0. The average molecular weight is 180 g/mol. The third-order valence-electron chi connectivity index (χ3n) is 2.05. The molecule has 1 atom stereocenters. The van der Waals surface area contributed by atoms with E-state index in [1.807, 2.05) is 0 Å². The first kappa shape index (κ1) is 8.22. The number of aliphatic hydroxyl groups is 1. The molecule has 1 unspecified atom stereocenters. The van der Waals surface area contributed by atoms with Crippen molar-refractivity contribution in [3.8, 4) is 0 Å². The summed E-state index contributed by atoms with van der Waals surface area (Å²) in [6, 6.07) is 4.56. The summed E-state index contributed by atoms with van der Waals surface area (Å²) < 4.78 is 4.92. The maximum Gasteiger partial charge on any atom is 0.335 e. The SMILES string of the molecule is O=C(O)c1ccc2c(c1)COC2O. The number of benzene rings is 1. The Morgan fingerprint density at radius 1 is 1.54 bits per heavy atom. The fourth-order valence-electron chi connectivity index (χ4n) is 1.36. The van der Waals surface area contributed by atoms with Crippen LogP contribution in [-0.4, -0.2) is 16.2 Å². The van der Waals surface area contributed by atoms with Crippen molar-refractivity contribution >= 4 is 5.97 Å². The van der Waals surface area contributed by atoms with Gasteiger partial charge in [-0.1, -0.05) is 6.07 Å². The molecule has 0 saturated carbocycles. The standard InChI is InChI=1S/C9H8O4/c10-8(11)5-1-2-7-6(3-5)4-13-9(7)12/h1-3,9,12H,4H2,(H,10,11). The Balaban J connectivity index is 2.45. The summed E-state index contributed by atoms with van der Waals surface area (Å²) in [6.45, 7) is 0.275. The lowest BCUT2D eigenvalue weighted by atomic mass is 10.1. The molecule has 0 saturated heterocycles. The lowest BCUT2D eigenvalue weighted by Gasteiger charge is -2.01. The van der Waals surface area contributed by atoms with Gasteiger partial charge in [-0.25, -0.2) is 4.79 Å². The van der Waals surface area contributed by atoms with Gasteiger partial charge in [0.15, 0.2) is 6.29 Å². The second-order valence-electron chi connectivity index (χ2n) is 2.88. The zero-order valence-electron chi connectivity index (χ0n) is 6.73. The molecule has 1 aromatic carbocycles. The maximum atomic E-state index is 10.6. The predicted octanol–water partition coefficient (Wildman–Crippen LogP) is 0.906. The van der Waals surface area contributed by atoms with Crippen LogP contribution in [-0.2, 0) is 11.3 Å². The number of aliphatic hydroxyl groups excluding tert-OH is 1. The van der Waals surface area contributed by atoms with Crippen molar-refractivity contribution in [3.05, 3.63) is 34.9 Å². The smallest absolute Gasteiger partial charge is 0.335 e. The Kier molecular flexibility index (Phi) is 1.79. The molecule has 0 aromatic heterocycles. The fourth-order valence-corrected chi connectivity index (χ4v) is 1.36. The van der Waals surface area contributed by atoms with E-state index in [2.05, 4.69) is 0 Å². The van der Waals surface area contributed by atoms with Gasteiger partial charge in [0.05, 0.1) is 12.2 Å². The number of aromatic carboxylic acids is 1. The van der Waals surface area contributed by atoms with Crippen molar-refractivity contribution in [1.82, 2.24) is 0 Å². The second kappa shape index (κ2) is 2.83. The van der Waals surface area contributed by atoms with E-state index >= 15 is 0 Å². The molecule has 1 aliphatic heterocycles. The molecule has 0 aliphatic carbocycles. The Morgan fingerprint density at radius 3 is 3.00 bits per heavy atom. The molecule has 1 aliphatic rings. The van der Waals surface area contributed by atoms with Gasteiger partial charge in [-0.3, -0.25) is 0 Å². The van der Waals surface area contributed by atoms with Crippen molar-refractivity contribution in [2.45, 2.75) is 12.9 Å². The number of fused-ring (bicyclic) bond motifs is 1. The van der Waals surface area contributed by atoms with Gasteiger partial charge in [0, 0.05) is 5.56 Å². The van der Waals surface area contributed by atoms with E-state index in [1.54, 1.807) is 6.07 Å². The van der Waals surface area contributed by atoms with E-state index in [1.165, 1.54) is 12.1 Å². The topological polar surface area (TPSA) is 66.8 Å². The van der Waals surface area contributed by atoms with E-state index in [0.29, 0.717) is 5.56 Å². The number of hydrogen-bond donors (Lipinski definition) is 2. The van der Waals surface area contributed by atoms with Crippen molar-refractivity contribution in [2.24, 2.45) is 0 Å². The lowest BCUT2D eigenvalue weighted by molar-refractivity contribution is -0.0918. The van der Waals surface area contributed by atoms with Gasteiger partial charge in [0.1, 0.15) is 0 Å². The first-order valence-electron chi connectivity index (χ1n) is 3.84. The molecule has 0 radical (unpaired) electrons. The highest BCUT2D eigenvalue weighted by Crippen LogP contribution is 2.28. The average Bonchev–Trinajstić information content (AvgIpc) is 2.47. The van der Waals surface area contributed by atoms with Crippen LogP contribution in [0.1, 0.15) is 27.8 Å². The van der Waals surface area contributed by atoms with Crippen LogP contribution >= 0.6 is 0 Å². The van der Waals surface area contributed by atoms with Crippen LogP contribution in [0.15, 0.2) is 18.2 Å². The summed E-state index contributed by atoms with van der Waals surface area (Å²) in [5.74, 6) is -0.968. The monoisotopic (exact) mass is 180 g/mol. The normalized spacial score (nSPS) is 19.9. The Hall–Kier alpha value is -1.39. The molecular formula is C9H8O4. The molecular weight excluding hydrogens is 172 g/mol. The van der Waals surface area contributed by atoms with Crippen LogP contribution < -0.4 is 0 Å². The summed E-state index contributed by atoms with van der Waals surface area (Å²) in [7, 11) is 0. The number of rotatable bonds is 1. The third-order valence-corrected chi connectivity index (χ3v) is 2.05. The number of ether oxygens (including phenoxy) is 1. The largest absolute Gasteiger partial charge is 0.478 e. The number of carboxylic acids is 1. The van der Waals surface area contributed by atoms with Crippen molar-refractivity contribution in [3.63, 3.8) is 0 Å². The van der Waals surface area contributed by atoms with E-state index in [9.17, 15) is 9.90 Å². The molecule has 1 aromatic rings. The minimum absolute atomic E-state index is 0.219. The second-order valence-corrected chi connectivity index (χ2v) is 2.88. The zero-order chi connectivity index (χ0) is 9.42. The molecule has 13 heavy (non-hydrogen) atoms. The van der Waals surface area contributed by atoms with Crippen LogP contribution in [0.25, 0.3) is 0 Å². The molecule has 0 amide bonds. The molecule has 2 rings (SSSR count). The highest BCUT2D eigenvalue weighted by molar-refractivity contribution is 5.87.